The largest absolute Gasteiger partial charge is 0.480 e. The second-order valence-corrected chi connectivity index (χ2v) is 7.80. The van der Waals surface area contributed by atoms with Gasteiger partial charge in [-0.2, -0.15) is 0 Å². The summed E-state index contributed by atoms with van der Waals surface area (Å²) in [4.78, 5) is 62.4. The molecule has 1 fully saturated rings. The summed E-state index contributed by atoms with van der Waals surface area (Å²) in [6, 6.07) is 3.85. The Morgan fingerprint density at radius 1 is 1.06 bits per heavy atom. The number of aliphatic carboxylic acids is 1. The van der Waals surface area contributed by atoms with E-state index < -0.39 is 66.8 Å². The first-order valence-corrected chi connectivity index (χ1v) is 10.5. The minimum absolute atomic E-state index is 0.0572. The number of nitrogens with zero attached hydrogens (tertiary/aromatic N) is 1. The van der Waals surface area contributed by atoms with Gasteiger partial charge < -0.3 is 37.2 Å². The number of carbonyl (C=O) groups is 5. The number of hydrogen-bond donors (Lipinski definition) is 6. The van der Waals surface area contributed by atoms with Crippen molar-refractivity contribution in [1.29, 1.82) is 0 Å². The molecule has 0 aromatic heterocycles. The Kier molecular flexibility index (Phi) is 9.30. The van der Waals surface area contributed by atoms with Crippen molar-refractivity contribution in [3.63, 3.8) is 0 Å². The summed E-state index contributed by atoms with van der Waals surface area (Å²) in [5.41, 5.74) is 11.3. The summed E-state index contributed by atoms with van der Waals surface area (Å²) in [6.07, 6.45) is 0.297. The zero-order valence-electron chi connectivity index (χ0n) is 18.0. The molecule has 0 aliphatic carbocycles. The van der Waals surface area contributed by atoms with E-state index in [1.54, 1.807) is 30.3 Å². The van der Waals surface area contributed by atoms with Crippen LogP contribution < -0.4 is 22.1 Å². The Morgan fingerprint density at radius 2 is 1.70 bits per heavy atom. The molecule has 4 atom stereocenters. The van der Waals surface area contributed by atoms with Gasteiger partial charge in [-0.3, -0.25) is 19.2 Å². The number of amides is 4. The molecule has 1 aromatic carbocycles. The second kappa shape index (κ2) is 11.9. The maximum absolute atomic E-state index is 13.2. The summed E-state index contributed by atoms with van der Waals surface area (Å²) >= 11 is 0. The normalized spacial score (nSPS) is 18.1. The van der Waals surface area contributed by atoms with Gasteiger partial charge in [0.15, 0.2) is 0 Å². The summed E-state index contributed by atoms with van der Waals surface area (Å²) < 4.78 is 0. The van der Waals surface area contributed by atoms with Gasteiger partial charge in [0.1, 0.15) is 24.2 Å². The predicted molar refractivity (Wildman–Crippen MR) is 115 cm³/mol. The molecule has 0 radical (unpaired) electrons. The summed E-state index contributed by atoms with van der Waals surface area (Å²) in [5.74, 6) is -4.36. The van der Waals surface area contributed by atoms with E-state index in [1.807, 2.05) is 0 Å². The Hall–Kier alpha value is -3.51. The van der Waals surface area contributed by atoms with Crippen molar-refractivity contribution in [2.75, 3.05) is 13.2 Å². The zero-order chi connectivity index (χ0) is 24.5. The minimum Gasteiger partial charge on any atom is -0.480 e. The molecule has 0 saturated carbocycles. The standard InChI is InChI=1S/C21H29N5O7/c22-13(11-27)18(29)24-14(10-17(23)28)19(30)25-15(9-12-5-2-1-3-6-12)20(31)26-8-4-7-16(26)21(32)33/h1-3,5-6,13-16,27H,4,7-11,22H2,(H2,23,28)(H,24,29)(H,25,30)(H,32,33). The van der Waals surface area contributed by atoms with E-state index in [2.05, 4.69) is 10.6 Å². The topological polar surface area (TPSA) is 205 Å². The molecule has 1 aliphatic heterocycles. The lowest BCUT2D eigenvalue weighted by atomic mass is 10.0. The minimum atomic E-state index is -1.44. The smallest absolute Gasteiger partial charge is 0.326 e. The number of carboxylic acids is 1. The molecule has 1 heterocycles. The molecule has 4 unspecified atom stereocenters. The van der Waals surface area contributed by atoms with Crippen LogP contribution >= 0.6 is 0 Å². The average molecular weight is 463 g/mol. The van der Waals surface area contributed by atoms with Gasteiger partial charge >= 0.3 is 5.97 Å². The number of primary amides is 1. The summed E-state index contributed by atoms with van der Waals surface area (Å²) in [7, 11) is 0. The maximum atomic E-state index is 13.2. The van der Waals surface area contributed by atoms with Crippen LogP contribution in [0.25, 0.3) is 0 Å². The second-order valence-electron chi connectivity index (χ2n) is 7.80. The van der Waals surface area contributed by atoms with E-state index >= 15 is 0 Å². The third-order valence-electron chi connectivity index (χ3n) is 5.29. The van der Waals surface area contributed by atoms with E-state index in [-0.39, 0.29) is 13.0 Å². The first kappa shape index (κ1) is 25.7. The van der Waals surface area contributed by atoms with Gasteiger partial charge in [0.2, 0.25) is 23.6 Å². The maximum Gasteiger partial charge on any atom is 0.326 e. The highest BCUT2D eigenvalue weighted by Crippen LogP contribution is 2.19. The van der Waals surface area contributed by atoms with Crippen LogP contribution in [-0.2, 0) is 30.4 Å². The van der Waals surface area contributed by atoms with Crippen molar-refractivity contribution < 1.29 is 34.2 Å². The Bertz CT molecular complexity index is 879. The number of benzene rings is 1. The Morgan fingerprint density at radius 3 is 2.27 bits per heavy atom. The molecule has 2 rings (SSSR count). The fourth-order valence-corrected chi connectivity index (χ4v) is 3.58. The molecular weight excluding hydrogens is 434 g/mol. The highest BCUT2D eigenvalue weighted by molar-refractivity contribution is 5.96. The van der Waals surface area contributed by atoms with Gasteiger partial charge in [-0.15, -0.1) is 0 Å². The van der Waals surface area contributed by atoms with E-state index in [0.29, 0.717) is 18.4 Å². The van der Waals surface area contributed by atoms with E-state index in [1.165, 1.54) is 4.90 Å². The first-order chi connectivity index (χ1) is 15.6. The molecule has 1 saturated heterocycles. The van der Waals surface area contributed by atoms with E-state index in [0.717, 1.165) is 0 Å². The van der Waals surface area contributed by atoms with Gasteiger partial charge in [0.25, 0.3) is 0 Å². The lowest BCUT2D eigenvalue weighted by Gasteiger charge is -2.29. The number of nitrogens with one attached hydrogen (secondary N) is 2. The molecule has 8 N–H and O–H groups in total. The number of hydrogen-bond acceptors (Lipinski definition) is 7. The Balaban J connectivity index is 2.26. The highest BCUT2D eigenvalue weighted by atomic mass is 16.4. The average Bonchev–Trinajstić information content (AvgIpc) is 3.27. The number of aliphatic hydroxyl groups is 1. The van der Waals surface area contributed by atoms with Crippen LogP contribution in [0, 0.1) is 0 Å². The molecule has 0 spiro atoms. The van der Waals surface area contributed by atoms with Gasteiger partial charge in [-0.1, -0.05) is 30.3 Å². The summed E-state index contributed by atoms with van der Waals surface area (Å²) in [5, 5.41) is 23.2. The molecule has 4 amide bonds. The first-order valence-electron chi connectivity index (χ1n) is 10.5. The molecule has 0 bridgehead atoms. The molecule has 1 aromatic rings. The number of likely N-dealkylation sites (tertiary alicyclic amines) is 1. The van der Waals surface area contributed by atoms with Crippen LogP contribution in [0.5, 0.6) is 0 Å². The lowest BCUT2D eigenvalue weighted by Crippen LogP contribution is -2.58. The van der Waals surface area contributed by atoms with Crippen LogP contribution in [0.4, 0.5) is 0 Å². The van der Waals surface area contributed by atoms with Crippen molar-refractivity contribution in [3.8, 4) is 0 Å². The van der Waals surface area contributed by atoms with Crippen molar-refractivity contribution in [2.45, 2.75) is 49.9 Å². The van der Waals surface area contributed by atoms with Crippen LogP contribution in [0.3, 0.4) is 0 Å². The highest BCUT2D eigenvalue weighted by Gasteiger charge is 2.38. The van der Waals surface area contributed by atoms with Crippen molar-refractivity contribution in [2.24, 2.45) is 11.5 Å². The third-order valence-corrected chi connectivity index (χ3v) is 5.29. The number of carboxylic acid groups (broad SMARTS) is 1. The van der Waals surface area contributed by atoms with Crippen molar-refractivity contribution in [3.05, 3.63) is 35.9 Å². The quantitative estimate of drug-likeness (QED) is 0.206. The van der Waals surface area contributed by atoms with Crippen LogP contribution in [0.15, 0.2) is 30.3 Å². The molecule has 1 aliphatic rings. The van der Waals surface area contributed by atoms with Crippen molar-refractivity contribution >= 4 is 29.6 Å². The number of rotatable bonds is 11. The molecular formula is C21H29N5O7. The van der Waals surface area contributed by atoms with E-state index in [9.17, 15) is 29.1 Å². The SMILES string of the molecule is NC(=O)CC(NC(=O)C(N)CO)C(=O)NC(Cc1ccccc1)C(=O)N1CCCC1C(=O)O. The number of nitrogens with two attached hydrogens (primary N) is 2. The molecule has 33 heavy (non-hydrogen) atoms. The number of carbonyl (C=O) groups excluding carboxylic acids is 4. The lowest BCUT2D eigenvalue weighted by molar-refractivity contribution is -0.149. The van der Waals surface area contributed by atoms with Gasteiger partial charge in [-0.05, 0) is 18.4 Å². The monoisotopic (exact) mass is 463 g/mol. The van der Waals surface area contributed by atoms with Gasteiger partial charge in [0.05, 0.1) is 13.0 Å². The number of aliphatic hydroxyl groups excluding tert-OH is 1. The molecule has 180 valence electrons. The van der Waals surface area contributed by atoms with Crippen LogP contribution in [0.2, 0.25) is 0 Å². The Labute approximate surface area is 190 Å². The van der Waals surface area contributed by atoms with E-state index in [4.69, 9.17) is 16.6 Å². The zero-order valence-corrected chi connectivity index (χ0v) is 18.0. The van der Waals surface area contributed by atoms with Crippen LogP contribution in [-0.4, -0.2) is 82.0 Å². The van der Waals surface area contributed by atoms with Crippen LogP contribution in [0.1, 0.15) is 24.8 Å². The van der Waals surface area contributed by atoms with Crippen molar-refractivity contribution in [1.82, 2.24) is 15.5 Å². The molecule has 12 nitrogen and oxygen atoms in total. The fraction of sp³-hybridized carbons (Fsp3) is 0.476. The fourth-order valence-electron chi connectivity index (χ4n) is 3.58. The summed E-state index contributed by atoms with van der Waals surface area (Å²) in [6.45, 7) is -0.457. The predicted octanol–water partition coefficient (Wildman–Crippen LogP) is -2.53. The third kappa shape index (κ3) is 7.26. The van der Waals surface area contributed by atoms with Gasteiger partial charge in [-0.25, -0.2) is 4.79 Å². The van der Waals surface area contributed by atoms with Gasteiger partial charge in [0, 0.05) is 13.0 Å². The molecule has 12 heteroatoms.